The van der Waals surface area contributed by atoms with E-state index >= 15 is 0 Å². The zero-order chi connectivity index (χ0) is 19.6. The first kappa shape index (κ1) is 20.0. The van der Waals surface area contributed by atoms with E-state index in [1.54, 1.807) is 31.2 Å². The van der Waals surface area contributed by atoms with Gasteiger partial charge in [-0.2, -0.15) is 0 Å². The highest BCUT2D eigenvalue weighted by Crippen LogP contribution is 2.15. The number of nitrogens with one attached hydrogen (secondary N) is 3. The van der Waals surface area contributed by atoms with Crippen LogP contribution in [-0.4, -0.2) is 31.1 Å². The van der Waals surface area contributed by atoms with Crippen molar-refractivity contribution in [2.75, 3.05) is 23.8 Å². The smallest absolute Gasteiger partial charge is 0.411 e. The minimum atomic E-state index is -0.557. The van der Waals surface area contributed by atoms with Crippen LogP contribution in [0.25, 0.3) is 0 Å². The van der Waals surface area contributed by atoms with Gasteiger partial charge < -0.3 is 15.4 Å². The Morgan fingerprint density at radius 2 is 1.63 bits per heavy atom. The Morgan fingerprint density at radius 3 is 2.30 bits per heavy atom. The summed E-state index contributed by atoms with van der Waals surface area (Å²) in [6.07, 6.45) is 0.244. The fraction of sp³-hybridized carbons (Fsp3) is 0.250. The molecule has 2 aromatic carbocycles. The van der Waals surface area contributed by atoms with Crippen molar-refractivity contribution in [3.63, 3.8) is 0 Å². The molecule has 27 heavy (non-hydrogen) atoms. The average molecular weight is 369 g/mol. The fourth-order valence-electron chi connectivity index (χ4n) is 2.40. The summed E-state index contributed by atoms with van der Waals surface area (Å²) in [7, 11) is 0. The molecule has 0 atom stereocenters. The molecule has 0 aromatic heterocycles. The number of anilines is 2. The van der Waals surface area contributed by atoms with Gasteiger partial charge in [0.1, 0.15) is 0 Å². The molecule has 7 heteroatoms. The topological polar surface area (TPSA) is 96.5 Å². The largest absolute Gasteiger partial charge is 0.450 e. The summed E-state index contributed by atoms with van der Waals surface area (Å²) in [5, 5.41) is 7.91. The molecule has 0 heterocycles. The normalized spacial score (nSPS) is 10.0. The van der Waals surface area contributed by atoms with Crippen LogP contribution in [0.5, 0.6) is 0 Å². The number of carbonyl (C=O) groups is 3. The highest BCUT2D eigenvalue weighted by atomic mass is 16.5. The third-order valence-electron chi connectivity index (χ3n) is 3.75. The van der Waals surface area contributed by atoms with Gasteiger partial charge in [0, 0.05) is 16.9 Å². The summed E-state index contributed by atoms with van der Waals surface area (Å²) < 4.78 is 4.78. The van der Waals surface area contributed by atoms with Crippen LogP contribution < -0.4 is 16.0 Å². The Morgan fingerprint density at radius 1 is 0.926 bits per heavy atom. The Bertz CT molecular complexity index is 803. The van der Waals surface area contributed by atoms with Crippen molar-refractivity contribution in [1.82, 2.24) is 5.32 Å². The minimum absolute atomic E-state index is 0.139. The van der Waals surface area contributed by atoms with Gasteiger partial charge in [-0.05, 0) is 49.2 Å². The summed E-state index contributed by atoms with van der Waals surface area (Å²) in [6, 6.07) is 13.8. The van der Waals surface area contributed by atoms with E-state index in [0.29, 0.717) is 11.3 Å². The van der Waals surface area contributed by atoms with Gasteiger partial charge in [0.15, 0.2) is 0 Å². The Kier molecular flexibility index (Phi) is 7.37. The lowest BCUT2D eigenvalue weighted by Crippen LogP contribution is -2.33. The number of hydrogen-bond donors (Lipinski definition) is 3. The molecule has 0 spiro atoms. The van der Waals surface area contributed by atoms with Crippen LogP contribution in [0.15, 0.2) is 48.5 Å². The molecule has 3 amide bonds. The zero-order valence-electron chi connectivity index (χ0n) is 15.4. The number of amides is 3. The predicted octanol–water partition coefficient (Wildman–Crippen LogP) is 3.19. The number of ether oxygens (including phenoxy) is 1. The van der Waals surface area contributed by atoms with E-state index in [-0.39, 0.29) is 25.0 Å². The molecule has 0 bridgehead atoms. The Hall–Kier alpha value is -3.35. The maximum absolute atomic E-state index is 12.2. The lowest BCUT2D eigenvalue weighted by atomic mass is 10.1. The first-order chi connectivity index (χ1) is 13.0. The van der Waals surface area contributed by atoms with E-state index < -0.39 is 6.09 Å². The van der Waals surface area contributed by atoms with Crippen LogP contribution in [0, 0.1) is 0 Å². The van der Waals surface area contributed by atoms with E-state index in [1.807, 2.05) is 31.2 Å². The summed E-state index contributed by atoms with van der Waals surface area (Å²) in [5.41, 5.74) is 2.67. The van der Waals surface area contributed by atoms with E-state index in [4.69, 9.17) is 4.74 Å². The van der Waals surface area contributed by atoms with Gasteiger partial charge in [-0.25, -0.2) is 4.79 Å². The molecule has 7 nitrogen and oxygen atoms in total. The SMILES string of the molecule is CCOC(=O)Nc1ccc(C(=O)NCC(=O)Nc2ccccc2CC)cc1. The lowest BCUT2D eigenvalue weighted by molar-refractivity contribution is -0.115. The Labute approximate surface area is 158 Å². The molecule has 3 N–H and O–H groups in total. The highest BCUT2D eigenvalue weighted by Gasteiger charge is 2.10. The number of rotatable bonds is 7. The zero-order valence-corrected chi connectivity index (χ0v) is 15.4. The summed E-state index contributed by atoms with van der Waals surface area (Å²) >= 11 is 0. The van der Waals surface area contributed by atoms with Gasteiger partial charge in [-0.3, -0.25) is 14.9 Å². The van der Waals surface area contributed by atoms with E-state index in [2.05, 4.69) is 16.0 Å². The first-order valence-corrected chi connectivity index (χ1v) is 8.73. The number of para-hydroxylation sites is 1. The van der Waals surface area contributed by atoms with Crippen molar-refractivity contribution in [2.24, 2.45) is 0 Å². The molecule has 0 radical (unpaired) electrons. The first-order valence-electron chi connectivity index (χ1n) is 8.73. The quantitative estimate of drug-likeness (QED) is 0.698. The second kappa shape index (κ2) is 9.96. The number of benzene rings is 2. The second-order valence-corrected chi connectivity index (χ2v) is 5.66. The number of hydrogen-bond acceptors (Lipinski definition) is 4. The van der Waals surface area contributed by atoms with Crippen molar-refractivity contribution in [2.45, 2.75) is 20.3 Å². The molecule has 0 saturated carbocycles. The van der Waals surface area contributed by atoms with Crippen LogP contribution in [0.4, 0.5) is 16.2 Å². The lowest BCUT2D eigenvalue weighted by Gasteiger charge is -2.10. The molecule has 0 saturated heterocycles. The molecule has 142 valence electrons. The van der Waals surface area contributed by atoms with E-state index in [9.17, 15) is 14.4 Å². The molecule has 2 aromatic rings. The maximum Gasteiger partial charge on any atom is 0.411 e. The van der Waals surface area contributed by atoms with Gasteiger partial charge in [0.05, 0.1) is 13.2 Å². The monoisotopic (exact) mass is 369 g/mol. The van der Waals surface area contributed by atoms with Crippen LogP contribution in [0.2, 0.25) is 0 Å². The standard InChI is InChI=1S/C20H23N3O4/c1-3-14-7-5-6-8-17(14)23-18(24)13-21-19(25)15-9-11-16(12-10-15)22-20(26)27-4-2/h5-12H,3-4,13H2,1-2H3,(H,21,25)(H,22,26)(H,23,24). The molecular weight excluding hydrogens is 346 g/mol. The van der Waals surface area contributed by atoms with Gasteiger partial charge in [0.25, 0.3) is 5.91 Å². The fourth-order valence-corrected chi connectivity index (χ4v) is 2.40. The van der Waals surface area contributed by atoms with Crippen LogP contribution in [0.1, 0.15) is 29.8 Å². The third kappa shape index (κ3) is 6.14. The van der Waals surface area contributed by atoms with E-state index in [1.165, 1.54) is 0 Å². The molecule has 0 unspecified atom stereocenters. The van der Waals surface area contributed by atoms with Crippen molar-refractivity contribution in [3.05, 3.63) is 59.7 Å². The minimum Gasteiger partial charge on any atom is -0.450 e. The Balaban J connectivity index is 1.86. The summed E-state index contributed by atoms with van der Waals surface area (Å²) in [6.45, 7) is 3.86. The average Bonchev–Trinajstić information content (AvgIpc) is 2.67. The molecule has 0 aliphatic heterocycles. The van der Waals surface area contributed by atoms with Crippen LogP contribution >= 0.6 is 0 Å². The van der Waals surface area contributed by atoms with E-state index in [0.717, 1.165) is 17.7 Å². The molecule has 0 aliphatic carbocycles. The van der Waals surface area contributed by atoms with Gasteiger partial charge in [-0.15, -0.1) is 0 Å². The predicted molar refractivity (Wildman–Crippen MR) is 104 cm³/mol. The van der Waals surface area contributed by atoms with Gasteiger partial charge in [0.2, 0.25) is 5.91 Å². The summed E-state index contributed by atoms with van der Waals surface area (Å²) in [5.74, 6) is -0.679. The maximum atomic E-state index is 12.2. The molecular formula is C20H23N3O4. The molecule has 0 aliphatic rings. The van der Waals surface area contributed by atoms with Crippen molar-refractivity contribution >= 4 is 29.3 Å². The highest BCUT2D eigenvalue weighted by molar-refractivity contribution is 6.00. The third-order valence-corrected chi connectivity index (χ3v) is 3.75. The summed E-state index contributed by atoms with van der Waals surface area (Å²) in [4.78, 5) is 35.6. The van der Waals surface area contributed by atoms with Crippen molar-refractivity contribution in [3.8, 4) is 0 Å². The van der Waals surface area contributed by atoms with Crippen LogP contribution in [-0.2, 0) is 16.0 Å². The van der Waals surface area contributed by atoms with Crippen molar-refractivity contribution in [1.29, 1.82) is 0 Å². The van der Waals surface area contributed by atoms with Gasteiger partial charge in [-0.1, -0.05) is 25.1 Å². The molecule has 2 rings (SSSR count). The number of carbonyl (C=O) groups excluding carboxylic acids is 3. The van der Waals surface area contributed by atoms with Gasteiger partial charge >= 0.3 is 6.09 Å². The second-order valence-electron chi connectivity index (χ2n) is 5.66. The van der Waals surface area contributed by atoms with Crippen LogP contribution in [0.3, 0.4) is 0 Å². The van der Waals surface area contributed by atoms with Crippen molar-refractivity contribution < 1.29 is 19.1 Å². The number of aryl methyl sites for hydroxylation is 1. The molecule has 0 fully saturated rings.